The van der Waals surface area contributed by atoms with Gasteiger partial charge in [-0.2, -0.15) is 0 Å². The highest BCUT2D eigenvalue weighted by atomic mass is 16.4. The van der Waals surface area contributed by atoms with Crippen LogP contribution in [0.2, 0.25) is 0 Å². The van der Waals surface area contributed by atoms with Crippen molar-refractivity contribution in [2.75, 3.05) is 0 Å². The minimum absolute atomic E-state index is 0.131. The molecule has 104 valence electrons. The predicted molar refractivity (Wildman–Crippen MR) is 72.8 cm³/mol. The molecule has 0 aliphatic heterocycles. The average molecular weight is 264 g/mol. The third-order valence-electron chi connectivity index (χ3n) is 3.15. The predicted octanol–water partition coefficient (Wildman–Crippen LogP) is 2.16. The number of urea groups is 1. The van der Waals surface area contributed by atoms with E-state index in [0.717, 1.165) is 5.56 Å². The van der Waals surface area contributed by atoms with Crippen LogP contribution in [0.1, 0.15) is 32.4 Å². The summed E-state index contributed by atoms with van der Waals surface area (Å²) in [4.78, 5) is 22.5. The van der Waals surface area contributed by atoms with Gasteiger partial charge in [0, 0.05) is 6.04 Å². The van der Waals surface area contributed by atoms with Crippen molar-refractivity contribution in [2.45, 2.75) is 32.9 Å². The molecule has 3 unspecified atom stereocenters. The lowest BCUT2D eigenvalue weighted by Gasteiger charge is -2.20. The number of hydrogen-bond acceptors (Lipinski definition) is 2. The first-order valence-electron chi connectivity index (χ1n) is 6.26. The zero-order valence-electron chi connectivity index (χ0n) is 11.4. The summed E-state index contributed by atoms with van der Waals surface area (Å²) in [6.45, 7) is 5.11. The fourth-order valence-corrected chi connectivity index (χ4v) is 1.61. The molecule has 0 fully saturated rings. The number of aliphatic carboxylic acids is 1. The Hall–Kier alpha value is -2.04. The molecule has 0 saturated carbocycles. The molecule has 1 aromatic rings. The second kappa shape index (κ2) is 6.78. The summed E-state index contributed by atoms with van der Waals surface area (Å²) in [6, 6.07) is 8.64. The highest BCUT2D eigenvalue weighted by molar-refractivity contribution is 5.76. The third kappa shape index (κ3) is 4.62. The SMILES string of the molecule is CC(NC(=O)NC(C)C(C)C(=O)O)c1ccccc1. The zero-order valence-corrected chi connectivity index (χ0v) is 11.4. The largest absolute Gasteiger partial charge is 0.481 e. The highest BCUT2D eigenvalue weighted by Crippen LogP contribution is 2.11. The Kier molecular flexibility index (Phi) is 5.36. The molecule has 0 aliphatic carbocycles. The lowest BCUT2D eigenvalue weighted by molar-refractivity contribution is -0.141. The first-order valence-corrected chi connectivity index (χ1v) is 6.26. The van der Waals surface area contributed by atoms with E-state index in [1.807, 2.05) is 37.3 Å². The summed E-state index contributed by atoms with van der Waals surface area (Å²) in [5.74, 6) is -1.55. The van der Waals surface area contributed by atoms with E-state index in [0.29, 0.717) is 0 Å². The van der Waals surface area contributed by atoms with Gasteiger partial charge in [-0.25, -0.2) is 4.79 Å². The summed E-state index contributed by atoms with van der Waals surface area (Å²) in [7, 11) is 0. The Balaban J connectivity index is 2.50. The van der Waals surface area contributed by atoms with Gasteiger partial charge in [0.2, 0.25) is 0 Å². The van der Waals surface area contributed by atoms with Crippen molar-refractivity contribution in [1.29, 1.82) is 0 Å². The topological polar surface area (TPSA) is 78.4 Å². The lowest BCUT2D eigenvalue weighted by Crippen LogP contribution is -2.45. The minimum Gasteiger partial charge on any atom is -0.481 e. The molecule has 5 heteroatoms. The fourth-order valence-electron chi connectivity index (χ4n) is 1.61. The van der Waals surface area contributed by atoms with Gasteiger partial charge in [0.05, 0.1) is 12.0 Å². The van der Waals surface area contributed by atoms with Gasteiger partial charge in [0.15, 0.2) is 0 Å². The van der Waals surface area contributed by atoms with E-state index in [4.69, 9.17) is 5.11 Å². The van der Waals surface area contributed by atoms with E-state index in [9.17, 15) is 9.59 Å². The van der Waals surface area contributed by atoms with E-state index in [1.165, 1.54) is 0 Å². The van der Waals surface area contributed by atoms with Crippen LogP contribution in [0.3, 0.4) is 0 Å². The van der Waals surface area contributed by atoms with Crippen LogP contribution in [-0.4, -0.2) is 23.1 Å². The fraction of sp³-hybridized carbons (Fsp3) is 0.429. The van der Waals surface area contributed by atoms with E-state index >= 15 is 0 Å². The number of carboxylic acids is 1. The number of carboxylic acid groups (broad SMARTS) is 1. The van der Waals surface area contributed by atoms with Crippen LogP contribution in [0.15, 0.2) is 30.3 Å². The molecule has 0 aliphatic rings. The number of carbonyl (C=O) groups is 2. The van der Waals surface area contributed by atoms with Gasteiger partial charge < -0.3 is 15.7 Å². The second-order valence-electron chi connectivity index (χ2n) is 4.67. The Morgan fingerprint density at radius 1 is 1.05 bits per heavy atom. The summed E-state index contributed by atoms with van der Waals surface area (Å²) >= 11 is 0. The van der Waals surface area contributed by atoms with Crippen LogP contribution in [-0.2, 0) is 4.79 Å². The summed E-state index contributed by atoms with van der Waals surface area (Å²) in [5, 5.41) is 14.3. The maximum absolute atomic E-state index is 11.7. The standard InChI is InChI=1S/C14H20N2O3/c1-9(13(17)18)10(2)15-14(19)16-11(3)12-7-5-4-6-8-12/h4-11H,1-3H3,(H,17,18)(H2,15,16,19). The molecule has 2 amide bonds. The maximum atomic E-state index is 11.7. The van der Waals surface area contributed by atoms with E-state index in [1.54, 1.807) is 13.8 Å². The van der Waals surface area contributed by atoms with Gasteiger partial charge in [-0.05, 0) is 26.3 Å². The molecule has 0 saturated heterocycles. The number of hydrogen-bond donors (Lipinski definition) is 3. The number of nitrogens with one attached hydrogen (secondary N) is 2. The smallest absolute Gasteiger partial charge is 0.315 e. The van der Waals surface area contributed by atoms with Crippen LogP contribution in [0.4, 0.5) is 4.79 Å². The summed E-state index contributed by atoms with van der Waals surface area (Å²) < 4.78 is 0. The Labute approximate surface area is 113 Å². The van der Waals surface area contributed by atoms with Crippen molar-refractivity contribution < 1.29 is 14.7 Å². The molecule has 0 bridgehead atoms. The quantitative estimate of drug-likeness (QED) is 0.762. The van der Waals surface area contributed by atoms with Gasteiger partial charge in [-0.15, -0.1) is 0 Å². The Morgan fingerprint density at radius 2 is 1.63 bits per heavy atom. The van der Waals surface area contributed by atoms with Crippen LogP contribution in [0, 0.1) is 5.92 Å². The minimum atomic E-state index is -0.927. The van der Waals surface area contributed by atoms with Gasteiger partial charge >= 0.3 is 12.0 Å². The molecule has 3 atom stereocenters. The lowest BCUT2D eigenvalue weighted by atomic mass is 10.0. The molecule has 5 nitrogen and oxygen atoms in total. The van der Waals surface area contributed by atoms with Crippen molar-refractivity contribution in [2.24, 2.45) is 5.92 Å². The zero-order chi connectivity index (χ0) is 14.4. The Morgan fingerprint density at radius 3 is 2.16 bits per heavy atom. The van der Waals surface area contributed by atoms with Crippen molar-refractivity contribution in [3.63, 3.8) is 0 Å². The van der Waals surface area contributed by atoms with Crippen LogP contribution in [0.5, 0.6) is 0 Å². The Bertz CT molecular complexity index is 434. The molecule has 0 radical (unpaired) electrons. The molecule has 0 heterocycles. The van der Waals surface area contributed by atoms with Crippen LogP contribution >= 0.6 is 0 Å². The normalized spacial score (nSPS) is 15.1. The molecule has 19 heavy (non-hydrogen) atoms. The highest BCUT2D eigenvalue weighted by Gasteiger charge is 2.21. The number of carbonyl (C=O) groups excluding carboxylic acids is 1. The van der Waals surface area contributed by atoms with E-state index in [2.05, 4.69) is 10.6 Å². The monoisotopic (exact) mass is 264 g/mol. The van der Waals surface area contributed by atoms with Crippen LogP contribution < -0.4 is 10.6 Å². The van der Waals surface area contributed by atoms with Gasteiger partial charge in [0.25, 0.3) is 0 Å². The van der Waals surface area contributed by atoms with Gasteiger partial charge in [0.1, 0.15) is 0 Å². The number of benzene rings is 1. The third-order valence-corrected chi connectivity index (χ3v) is 3.15. The molecule has 0 aromatic heterocycles. The van der Waals surface area contributed by atoms with Crippen LogP contribution in [0.25, 0.3) is 0 Å². The molecular weight excluding hydrogens is 244 g/mol. The van der Waals surface area contributed by atoms with Crippen molar-refractivity contribution in [3.8, 4) is 0 Å². The molecule has 1 rings (SSSR count). The molecule has 1 aromatic carbocycles. The van der Waals surface area contributed by atoms with Crippen molar-refractivity contribution >= 4 is 12.0 Å². The first-order chi connectivity index (χ1) is 8.91. The average Bonchev–Trinajstić information content (AvgIpc) is 2.38. The maximum Gasteiger partial charge on any atom is 0.315 e. The molecule has 0 spiro atoms. The number of rotatable bonds is 5. The van der Waals surface area contributed by atoms with Gasteiger partial charge in [-0.1, -0.05) is 30.3 Å². The van der Waals surface area contributed by atoms with Gasteiger partial charge in [-0.3, -0.25) is 4.79 Å². The summed E-state index contributed by atoms with van der Waals surface area (Å²) in [6.07, 6.45) is 0. The van der Waals surface area contributed by atoms with Crippen molar-refractivity contribution in [3.05, 3.63) is 35.9 Å². The van der Waals surface area contributed by atoms with Crippen molar-refractivity contribution in [1.82, 2.24) is 10.6 Å². The molecular formula is C14H20N2O3. The first kappa shape index (κ1) is 15.0. The van der Waals surface area contributed by atoms with E-state index < -0.39 is 17.9 Å². The summed E-state index contributed by atoms with van der Waals surface area (Å²) in [5.41, 5.74) is 0.997. The second-order valence-corrected chi connectivity index (χ2v) is 4.67. The molecule has 3 N–H and O–H groups in total. The number of amides is 2. The van der Waals surface area contributed by atoms with E-state index in [-0.39, 0.29) is 12.1 Å².